The van der Waals surface area contributed by atoms with Crippen LogP contribution in [-0.4, -0.2) is 6.61 Å². The molecule has 1 fully saturated rings. The Morgan fingerprint density at radius 3 is 2.53 bits per heavy atom. The third-order valence-corrected chi connectivity index (χ3v) is 2.94. The second-order valence-corrected chi connectivity index (χ2v) is 4.39. The van der Waals surface area contributed by atoms with Crippen molar-refractivity contribution in [2.45, 2.75) is 19.8 Å². The van der Waals surface area contributed by atoms with Crippen molar-refractivity contribution in [3.05, 3.63) is 29.8 Å². The van der Waals surface area contributed by atoms with Gasteiger partial charge in [0.15, 0.2) is 0 Å². The van der Waals surface area contributed by atoms with Gasteiger partial charge in [0.05, 0.1) is 18.2 Å². The summed E-state index contributed by atoms with van der Waals surface area (Å²) in [5.41, 5.74) is 0.680. The van der Waals surface area contributed by atoms with E-state index in [4.69, 9.17) is 10.00 Å². The minimum Gasteiger partial charge on any atom is -0.493 e. The van der Waals surface area contributed by atoms with E-state index in [2.05, 4.69) is 13.0 Å². The van der Waals surface area contributed by atoms with Crippen LogP contribution in [0.1, 0.15) is 25.3 Å². The van der Waals surface area contributed by atoms with E-state index in [1.807, 2.05) is 12.1 Å². The Bertz CT molecular complexity index is 357. The molecule has 0 aliphatic heterocycles. The van der Waals surface area contributed by atoms with Crippen LogP contribution in [0.2, 0.25) is 0 Å². The normalized spacial score (nSPS) is 24.0. The molecule has 1 aromatic rings. The second-order valence-electron chi connectivity index (χ2n) is 4.39. The standard InChI is InChI=1S/C13H15NO/c1-10-6-12(7-10)9-15-13-4-2-11(8-14)3-5-13/h2-5,10,12H,6-7,9H2,1H3. The van der Waals surface area contributed by atoms with Gasteiger partial charge in [-0.3, -0.25) is 0 Å². The number of hydrogen-bond donors (Lipinski definition) is 0. The average molecular weight is 201 g/mol. The molecular weight excluding hydrogens is 186 g/mol. The average Bonchev–Trinajstić information content (AvgIpc) is 2.23. The second kappa shape index (κ2) is 4.35. The molecule has 2 heteroatoms. The van der Waals surface area contributed by atoms with Gasteiger partial charge in [-0.25, -0.2) is 0 Å². The van der Waals surface area contributed by atoms with Crippen molar-refractivity contribution in [2.75, 3.05) is 6.61 Å². The summed E-state index contributed by atoms with van der Waals surface area (Å²) in [5, 5.41) is 8.63. The zero-order chi connectivity index (χ0) is 10.7. The van der Waals surface area contributed by atoms with Gasteiger partial charge in [0.25, 0.3) is 0 Å². The lowest BCUT2D eigenvalue weighted by atomic mass is 9.77. The van der Waals surface area contributed by atoms with Gasteiger partial charge >= 0.3 is 0 Å². The van der Waals surface area contributed by atoms with Gasteiger partial charge in [0.1, 0.15) is 5.75 Å². The molecule has 0 aromatic heterocycles. The summed E-state index contributed by atoms with van der Waals surface area (Å²) in [5.74, 6) is 2.48. The smallest absolute Gasteiger partial charge is 0.119 e. The number of hydrogen-bond acceptors (Lipinski definition) is 2. The monoisotopic (exact) mass is 201 g/mol. The summed E-state index contributed by atoms with van der Waals surface area (Å²) < 4.78 is 5.65. The summed E-state index contributed by atoms with van der Waals surface area (Å²) in [6.45, 7) is 3.09. The van der Waals surface area contributed by atoms with Crippen molar-refractivity contribution in [3.8, 4) is 11.8 Å². The molecule has 1 aliphatic carbocycles. The van der Waals surface area contributed by atoms with Crippen LogP contribution in [-0.2, 0) is 0 Å². The van der Waals surface area contributed by atoms with Crippen LogP contribution in [0.3, 0.4) is 0 Å². The molecule has 0 unspecified atom stereocenters. The van der Waals surface area contributed by atoms with Crippen molar-refractivity contribution < 1.29 is 4.74 Å². The van der Waals surface area contributed by atoms with E-state index in [-0.39, 0.29) is 0 Å². The highest BCUT2D eigenvalue weighted by Gasteiger charge is 2.25. The third-order valence-electron chi connectivity index (χ3n) is 2.94. The number of ether oxygens (including phenoxy) is 1. The fourth-order valence-corrected chi connectivity index (χ4v) is 2.04. The number of rotatable bonds is 3. The van der Waals surface area contributed by atoms with E-state index < -0.39 is 0 Å². The molecule has 0 saturated heterocycles. The first-order valence-corrected chi connectivity index (χ1v) is 5.41. The SMILES string of the molecule is CC1CC(COc2ccc(C#N)cc2)C1. The minimum atomic E-state index is 0.680. The Labute approximate surface area is 90.5 Å². The Kier molecular flexibility index (Phi) is 2.91. The molecule has 1 aliphatic rings. The quantitative estimate of drug-likeness (QED) is 0.753. The largest absolute Gasteiger partial charge is 0.493 e. The lowest BCUT2D eigenvalue weighted by Gasteiger charge is -2.32. The molecule has 78 valence electrons. The first-order chi connectivity index (χ1) is 7.28. The fraction of sp³-hybridized carbons (Fsp3) is 0.462. The molecule has 0 radical (unpaired) electrons. The maximum Gasteiger partial charge on any atom is 0.119 e. The fourth-order valence-electron chi connectivity index (χ4n) is 2.04. The molecule has 15 heavy (non-hydrogen) atoms. The highest BCUT2D eigenvalue weighted by molar-refractivity contribution is 5.34. The number of nitriles is 1. The van der Waals surface area contributed by atoms with Crippen LogP contribution in [0.4, 0.5) is 0 Å². The molecule has 0 spiro atoms. The van der Waals surface area contributed by atoms with Crippen LogP contribution in [0, 0.1) is 23.2 Å². The van der Waals surface area contributed by atoms with Crippen molar-refractivity contribution in [2.24, 2.45) is 11.8 Å². The molecule has 0 heterocycles. The van der Waals surface area contributed by atoms with Gasteiger partial charge in [-0.2, -0.15) is 5.26 Å². The summed E-state index contributed by atoms with van der Waals surface area (Å²) in [4.78, 5) is 0. The molecule has 0 atom stereocenters. The summed E-state index contributed by atoms with van der Waals surface area (Å²) >= 11 is 0. The highest BCUT2D eigenvalue weighted by Crippen LogP contribution is 2.33. The van der Waals surface area contributed by atoms with E-state index >= 15 is 0 Å². The minimum absolute atomic E-state index is 0.680. The molecule has 1 aromatic carbocycles. The molecular formula is C13H15NO. The maximum atomic E-state index is 8.63. The Balaban J connectivity index is 1.81. The Morgan fingerprint density at radius 1 is 1.33 bits per heavy atom. The lowest BCUT2D eigenvalue weighted by Crippen LogP contribution is -2.26. The highest BCUT2D eigenvalue weighted by atomic mass is 16.5. The molecule has 0 bridgehead atoms. The van der Waals surface area contributed by atoms with E-state index in [9.17, 15) is 0 Å². The van der Waals surface area contributed by atoms with Crippen molar-refractivity contribution in [3.63, 3.8) is 0 Å². The third kappa shape index (κ3) is 2.50. The van der Waals surface area contributed by atoms with Gasteiger partial charge in [-0.1, -0.05) is 6.92 Å². The first kappa shape index (κ1) is 10.0. The Hall–Kier alpha value is -1.49. The molecule has 1 saturated carbocycles. The predicted molar refractivity (Wildman–Crippen MR) is 58.5 cm³/mol. The van der Waals surface area contributed by atoms with Crippen LogP contribution in [0.5, 0.6) is 5.75 Å². The summed E-state index contributed by atoms with van der Waals surface area (Å²) in [6, 6.07) is 9.40. The van der Waals surface area contributed by atoms with Gasteiger partial charge < -0.3 is 4.74 Å². The van der Waals surface area contributed by atoms with Crippen molar-refractivity contribution in [1.82, 2.24) is 0 Å². The topological polar surface area (TPSA) is 33.0 Å². The van der Waals surface area contributed by atoms with Gasteiger partial charge in [0, 0.05) is 0 Å². The molecule has 2 nitrogen and oxygen atoms in total. The van der Waals surface area contributed by atoms with E-state index in [0.717, 1.165) is 24.2 Å². The van der Waals surface area contributed by atoms with Gasteiger partial charge in [-0.05, 0) is 48.9 Å². The van der Waals surface area contributed by atoms with E-state index in [1.54, 1.807) is 12.1 Å². The summed E-state index contributed by atoms with van der Waals surface area (Å²) in [6.07, 6.45) is 2.58. The van der Waals surface area contributed by atoms with Gasteiger partial charge in [-0.15, -0.1) is 0 Å². The van der Waals surface area contributed by atoms with Crippen LogP contribution in [0.25, 0.3) is 0 Å². The maximum absolute atomic E-state index is 8.63. The predicted octanol–water partition coefficient (Wildman–Crippen LogP) is 2.98. The summed E-state index contributed by atoms with van der Waals surface area (Å²) in [7, 11) is 0. The Morgan fingerprint density at radius 2 is 2.00 bits per heavy atom. The molecule has 2 rings (SSSR count). The van der Waals surface area contributed by atoms with E-state index in [0.29, 0.717) is 5.56 Å². The number of benzene rings is 1. The lowest BCUT2D eigenvalue weighted by molar-refractivity contribution is 0.131. The van der Waals surface area contributed by atoms with Crippen LogP contribution < -0.4 is 4.74 Å². The zero-order valence-electron chi connectivity index (χ0n) is 8.94. The van der Waals surface area contributed by atoms with E-state index in [1.165, 1.54) is 12.8 Å². The van der Waals surface area contributed by atoms with Crippen molar-refractivity contribution >= 4 is 0 Å². The zero-order valence-corrected chi connectivity index (χ0v) is 8.94. The molecule has 0 amide bonds. The van der Waals surface area contributed by atoms with Gasteiger partial charge in [0.2, 0.25) is 0 Å². The van der Waals surface area contributed by atoms with Crippen LogP contribution in [0.15, 0.2) is 24.3 Å². The van der Waals surface area contributed by atoms with Crippen LogP contribution >= 0.6 is 0 Å². The van der Waals surface area contributed by atoms with Crippen molar-refractivity contribution in [1.29, 1.82) is 5.26 Å². The first-order valence-electron chi connectivity index (χ1n) is 5.41. The number of nitrogens with zero attached hydrogens (tertiary/aromatic N) is 1. The molecule has 0 N–H and O–H groups in total.